The summed E-state index contributed by atoms with van der Waals surface area (Å²) in [5.74, 6) is -1.32. The van der Waals surface area contributed by atoms with E-state index >= 15 is 0 Å². The van der Waals surface area contributed by atoms with Gasteiger partial charge in [-0.1, -0.05) is 12.1 Å². The normalized spacial score (nSPS) is 10.1. The Morgan fingerprint density at radius 3 is 2.67 bits per heavy atom. The maximum absolute atomic E-state index is 11.9. The topological polar surface area (TPSA) is 84.2 Å². The molecule has 0 radical (unpaired) electrons. The van der Waals surface area contributed by atoms with E-state index in [2.05, 4.69) is 10.3 Å². The lowest BCUT2D eigenvalue weighted by Crippen LogP contribution is -2.18. The van der Waals surface area contributed by atoms with Crippen LogP contribution in [0.2, 0.25) is 0 Å². The molecule has 1 aromatic heterocycles. The highest BCUT2D eigenvalue weighted by molar-refractivity contribution is 6.06. The third-order valence-corrected chi connectivity index (χ3v) is 2.43. The summed E-state index contributed by atoms with van der Waals surface area (Å²) in [7, 11) is 1.69. The fourth-order valence-corrected chi connectivity index (χ4v) is 1.54. The van der Waals surface area contributed by atoms with E-state index in [1.54, 1.807) is 29.9 Å². The van der Waals surface area contributed by atoms with Crippen molar-refractivity contribution in [2.45, 2.75) is 0 Å². The molecule has 92 valence electrons. The van der Waals surface area contributed by atoms with Crippen LogP contribution < -0.4 is 5.32 Å². The lowest BCUT2D eigenvalue weighted by molar-refractivity contribution is 0.0698. The van der Waals surface area contributed by atoms with Gasteiger partial charge in [-0.2, -0.15) is 0 Å². The fraction of sp³-hybridized carbons (Fsp3) is 0.0833. The molecule has 0 aliphatic carbocycles. The Morgan fingerprint density at radius 2 is 2.06 bits per heavy atom. The van der Waals surface area contributed by atoms with Crippen LogP contribution in [-0.4, -0.2) is 26.5 Å². The minimum atomic E-state index is -1.09. The third-order valence-electron chi connectivity index (χ3n) is 2.43. The molecule has 0 spiro atoms. The number of carboxylic acid groups (broad SMARTS) is 1. The van der Waals surface area contributed by atoms with Crippen molar-refractivity contribution in [1.82, 2.24) is 9.55 Å². The number of anilines is 1. The Hall–Kier alpha value is -2.63. The first-order valence-corrected chi connectivity index (χ1v) is 5.20. The molecule has 1 aromatic carbocycles. The van der Waals surface area contributed by atoms with Gasteiger partial charge < -0.3 is 15.0 Å². The largest absolute Gasteiger partial charge is 0.478 e. The highest BCUT2D eigenvalue weighted by atomic mass is 16.4. The second-order valence-corrected chi connectivity index (χ2v) is 3.67. The van der Waals surface area contributed by atoms with E-state index in [4.69, 9.17) is 5.11 Å². The highest BCUT2D eigenvalue weighted by Gasteiger charge is 2.15. The Kier molecular flexibility index (Phi) is 3.09. The molecule has 0 saturated carbocycles. The molecule has 0 aliphatic rings. The van der Waals surface area contributed by atoms with Gasteiger partial charge in [0.05, 0.1) is 11.3 Å². The van der Waals surface area contributed by atoms with Gasteiger partial charge in [0.1, 0.15) is 0 Å². The number of benzene rings is 1. The van der Waals surface area contributed by atoms with Gasteiger partial charge in [0.25, 0.3) is 5.91 Å². The van der Waals surface area contributed by atoms with Crippen molar-refractivity contribution in [3.05, 3.63) is 48.0 Å². The Balaban J connectivity index is 2.28. The van der Waals surface area contributed by atoms with Gasteiger partial charge in [-0.05, 0) is 12.1 Å². The minimum absolute atomic E-state index is 0.0417. The molecule has 18 heavy (non-hydrogen) atoms. The van der Waals surface area contributed by atoms with Crippen molar-refractivity contribution in [1.29, 1.82) is 0 Å². The van der Waals surface area contributed by atoms with Crippen LogP contribution in [0, 0.1) is 0 Å². The van der Waals surface area contributed by atoms with Gasteiger partial charge in [-0.15, -0.1) is 0 Å². The number of carbonyl (C=O) groups excluding carboxylic acids is 1. The summed E-state index contributed by atoms with van der Waals surface area (Å²) < 4.78 is 1.55. The van der Waals surface area contributed by atoms with Crippen LogP contribution in [0.4, 0.5) is 5.69 Å². The standard InChI is InChI=1S/C12H11N3O3/c1-15-7-6-13-10(15)11(16)14-9-5-3-2-4-8(9)12(17)18/h2-7H,1H3,(H,14,16)(H,17,18). The summed E-state index contributed by atoms with van der Waals surface area (Å²) in [5, 5.41) is 11.5. The number of nitrogens with one attached hydrogen (secondary N) is 1. The first kappa shape index (κ1) is 11.8. The second kappa shape index (κ2) is 4.70. The predicted molar refractivity (Wildman–Crippen MR) is 64.6 cm³/mol. The van der Waals surface area contributed by atoms with Gasteiger partial charge >= 0.3 is 5.97 Å². The van der Waals surface area contributed by atoms with Crippen molar-refractivity contribution in [2.75, 3.05) is 5.32 Å². The first-order chi connectivity index (χ1) is 8.59. The number of carbonyl (C=O) groups is 2. The summed E-state index contributed by atoms with van der Waals surface area (Å²) in [6, 6.07) is 6.21. The Labute approximate surface area is 103 Å². The number of carboxylic acids is 1. The molecule has 0 unspecified atom stereocenters. The van der Waals surface area contributed by atoms with Gasteiger partial charge in [0.2, 0.25) is 0 Å². The molecular weight excluding hydrogens is 234 g/mol. The summed E-state index contributed by atoms with van der Waals surface area (Å²) in [6.07, 6.45) is 3.13. The Bertz CT molecular complexity index is 604. The van der Waals surface area contributed by atoms with Gasteiger partial charge in [-0.3, -0.25) is 4.79 Å². The molecule has 1 amide bonds. The molecule has 2 N–H and O–H groups in total. The number of para-hydroxylation sites is 1. The van der Waals surface area contributed by atoms with Crippen molar-refractivity contribution in [3.63, 3.8) is 0 Å². The number of amides is 1. The van der Waals surface area contributed by atoms with E-state index in [0.29, 0.717) is 0 Å². The number of aromatic nitrogens is 2. The molecule has 6 nitrogen and oxygen atoms in total. The van der Waals surface area contributed by atoms with Crippen molar-refractivity contribution in [3.8, 4) is 0 Å². The molecular formula is C12H11N3O3. The zero-order valence-electron chi connectivity index (χ0n) is 9.62. The maximum atomic E-state index is 11.9. The molecule has 0 fully saturated rings. The first-order valence-electron chi connectivity index (χ1n) is 5.20. The van der Waals surface area contributed by atoms with Crippen molar-refractivity contribution >= 4 is 17.6 Å². The van der Waals surface area contributed by atoms with E-state index in [1.165, 1.54) is 18.3 Å². The van der Waals surface area contributed by atoms with Crippen LogP contribution in [0.1, 0.15) is 21.0 Å². The number of hydrogen-bond donors (Lipinski definition) is 2. The lowest BCUT2D eigenvalue weighted by atomic mass is 10.2. The van der Waals surface area contributed by atoms with Crippen LogP contribution in [0.5, 0.6) is 0 Å². The molecule has 1 heterocycles. The molecule has 0 aliphatic heterocycles. The van der Waals surface area contributed by atoms with Crippen molar-refractivity contribution < 1.29 is 14.7 Å². The van der Waals surface area contributed by atoms with Crippen LogP contribution in [0.15, 0.2) is 36.7 Å². The predicted octanol–water partition coefficient (Wildman–Crippen LogP) is 1.37. The summed E-state index contributed by atoms with van der Waals surface area (Å²) in [5.41, 5.74) is 0.290. The minimum Gasteiger partial charge on any atom is -0.478 e. The smallest absolute Gasteiger partial charge is 0.337 e. The van der Waals surface area contributed by atoms with Crippen LogP contribution in [0.25, 0.3) is 0 Å². The van der Waals surface area contributed by atoms with Gasteiger partial charge in [0, 0.05) is 19.4 Å². The number of nitrogens with zero attached hydrogens (tertiary/aromatic N) is 2. The van der Waals surface area contributed by atoms with Crippen LogP contribution in [0.3, 0.4) is 0 Å². The fourth-order valence-electron chi connectivity index (χ4n) is 1.54. The monoisotopic (exact) mass is 245 g/mol. The third kappa shape index (κ3) is 2.22. The SMILES string of the molecule is Cn1ccnc1C(=O)Nc1ccccc1C(=O)O. The second-order valence-electron chi connectivity index (χ2n) is 3.67. The van der Waals surface area contributed by atoms with E-state index in [0.717, 1.165) is 0 Å². The number of aromatic carboxylic acids is 1. The average Bonchev–Trinajstić information content (AvgIpc) is 2.76. The molecule has 0 atom stereocenters. The lowest BCUT2D eigenvalue weighted by Gasteiger charge is -2.07. The van der Waals surface area contributed by atoms with E-state index < -0.39 is 11.9 Å². The number of aryl methyl sites for hydroxylation is 1. The summed E-state index contributed by atoms with van der Waals surface area (Å²) in [6.45, 7) is 0. The summed E-state index contributed by atoms with van der Waals surface area (Å²) >= 11 is 0. The Morgan fingerprint density at radius 1 is 1.33 bits per heavy atom. The zero-order valence-corrected chi connectivity index (χ0v) is 9.62. The average molecular weight is 245 g/mol. The molecule has 2 aromatic rings. The van der Waals surface area contributed by atoms with Crippen molar-refractivity contribution in [2.24, 2.45) is 7.05 Å². The number of hydrogen-bond acceptors (Lipinski definition) is 3. The summed E-state index contributed by atoms with van der Waals surface area (Å²) in [4.78, 5) is 26.8. The van der Waals surface area contributed by atoms with Crippen LogP contribution in [-0.2, 0) is 7.05 Å². The number of imidazole rings is 1. The zero-order chi connectivity index (χ0) is 13.1. The van der Waals surface area contributed by atoms with Gasteiger partial charge in [-0.25, -0.2) is 9.78 Å². The maximum Gasteiger partial charge on any atom is 0.337 e. The number of rotatable bonds is 3. The van der Waals surface area contributed by atoms with E-state index in [1.807, 2.05) is 0 Å². The molecule has 2 rings (SSSR count). The van der Waals surface area contributed by atoms with E-state index in [9.17, 15) is 9.59 Å². The molecule has 6 heteroatoms. The molecule has 0 saturated heterocycles. The van der Waals surface area contributed by atoms with Gasteiger partial charge in [0.15, 0.2) is 5.82 Å². The highest BCUT2D eigenvalue weighted by Crippen LogP contribution is 2.15. The quantitative estimate of drug-likeness (QED) is 0.855. The van der Waals surface area contributed by atoms with Crippen LogP contribution >= 0.6 is 0 Å². The molecule has 0 bridgehead atoms. The van der Waals surface area contributed by atoms with E-state index in [-0.39, 0.29) is 17.1 Å².